The Balaban J connectivity index is 2.07. The van der Waals surface area contributed by atoms with E-state index in [1.807, 2.05) is 39.0 Å². The zero-order valence-electron chi connectivity index (χ0n) is 16.4. The molecule has 7 heteroatoms. The van der Waals surface area contributed by atoms with Gasteiger partial charge in [0.25, 0.3) is 0 Å². The van der Waals surface area contributed by atoms with Gasteiger partial charge in [0.2, 0.25) is 0 Å². The molecular weight excluding hydrogens is 334 g/mol. The maximum atomic E-state index is 12.0. The highest BCUT2D eigenvalue weighted by Gasteiger charge is 2.31. The summed E-state index contributed by atoms with van der Waals surface area (Å²) in [4.78, 5) is 14.3. The van der Waals surface area contributed by atoms with Crippen molar-refractivity contribution < 1.29 is 19.0 Å². The number of benzene rings is 1. The largest absolute Gasteiger partial charge is 0.497 e. The number of nitrogens with one attached hydrogen (secondary N) is 1. The Morgan fingerprint density at radius 3 is 2.65 bits per heavy atom. The number of methoxy groups -OCH3 is 2. The lowest BCUT2D eigenvalue weighted by atomic mass is 10.0. The van der Waals surface area contributed by atoms with Gasteiger partial charge in [0.15, 0.2) is 0 Å². The first-order chi connectivity index (χ1) is 12.3. The number of nitrogens with zero attached hydrogens (tertiary/aromatic N) is 1. The molecule has 0 saturated carbocycles. The van der Waals surface area contributed by atoms with Gasteiger partial charge in [-0.3, -0.25) is 4.90 Å². The fourth-order valence-corrected chi connectivity index (χ4v) is 3.23. The normalized spacial score (nSPS) is 19.1. The first-order valence-corrected chi connectivity index (χ1v) is 8.93. The van der Waals surface area contributed by atoms with E-state index in [2.05, 4.69) is 10.2 Å². The lowest BCUT2D eigenvalue weighted by molar-refractivity contribution is 0.0504. The third-order valence-corrected chi connectivity index (χ3v) is 4.40. The number of carbonyl (C=O) groups is 1. The molecule has 0 aromatic heterocycles. The minimum Gasteiger partial charge on any atom is -0.497 e. The van der Waals surface area contributed by atoms with E-state index in [1.54, 1.807) is 14.2 Å². The van der Waals surface area contributed by atoms with E-state index in [4.69, 9.17) is 19.9 Å². The molecule has 146 valence electrons. The predicted octanol–water partition coefficient (Wildman–Crippen LogP) is 2.30. The fourth-order valence-electron chi connectivity index (χ4n) is 3.23. The van der Waals surface area contributed by atoms with Crippen LogP contribution in [0.2, 0.25) is 0 Å². The SMILES string of the molecule is COc1ccc(OC)c(C(CN)N2CCC(NC(=O)OC(C)(C)C)C2)c1. The van der Waals surface area contributed by atoms with Crippen LogP contribution in [-0.4, -0.2) is 56.5 Å². The van der Waals surface area contributed by atoms with E-state index in [1.165, 1.54) is 0 Å². The number of hydrogen-bond acceptors (Lipinski definition) is 6. The van der Waals surface area contributed by atoms with E-state index >= 15 is 0 Å². The number of likely N-dealkylation sites (tertiary alicyclic amines) is 1. The lowest BCUT2D eigenvalue weighted by Gasteiger charge is -2.29. The van der Waals surface area contributed by atoms with Gasteiger partial charge in [-0.2, -0.15) is 0 Å². The highest BCUT2D eigenvalue weighted by molar-refractivity contribution is 5.68. The molecule has 0 bridgehead atoms. The lowest BCUT2D eigenvalue weighted by Crippen LogP contribution is -2.41. The van der Waals surface area contributed by atoms with Crippen LogP contribution in [0.5, 0.6) is 11.5 Å². The number of ether oxygens (including phenoxy) is 3. The summed E-state index contributed by atoms with van der Waals surface area (Å²) in [5, 5.41) is 2.95. The van der Waals surface area contributed by atoms with Gasteiger partial charge in [-0.25, -0.2) is 4.79 Å². The minimum atomic E-state index is -0.504. The van der Waals surface area contributed by atoms with Crippen molar-refractivity contribution in [3.05, 3.63) is 23.8 Å². The number of nitrogens with two attached hydrogens (primary N) is 1. The summed E-state index contributed by atoms with van der Waals surface area (Å²) >= 11 is 0. The van der Waals surface area contributed by atoms with Crippen molar-refractivity contribution in [3.63, 3.8) is 0 Å². The first kappa shape index (κ1) is 20.3. The molecule has 0 spiro atoms. The molecule has 26 heavy (non-hydrogen) atoms. The predicted molar refractivity (Wildman–Crippen MR) is 101 cm³/mol. The zero-order chi connectivity index (χ0) is 19.3. The maximum absolute atomic E-state index is 12.0. The van der Waals surface area contributed by atoms with Crippen molar-refractivity contribution in [2.24, 2.45) is 5.73 Å². The van der Waals surface area contributed by atoms with Gasteiger partial charge >= 0.3 is 6.09 Å². The molecule has 2 atom stereocenters. The summed E-state index contributed by atoms with van der Waals surface area (Å²) in [6, 6.07) is 5.75. The highest BCUT2D eigenvalue weighted by Crippen LogP contribution is 2.34. The smallest absolute Gasteiger partial charge is 0.407 e. The first-order valence-electron chi connectivity index (χ1n) is 8.93. The number of alkyl carbamates (subject to hydrolysis) is 1. The molecule has 1 aliphatic heterocycles. The van der Waals surface area contributed by atoms with Crippen molar-refractivity contribution in [1.82, 2.24) is 10.2 Å². The second-order valence-corrected chi connectivity index (χ2v) is 7.49. The summed E-state index contributed by atoms with van der Waals surface area (Å²) < 4.78 is 16.2. The van der Waals surface area contributed by atoms with Crippen molar-refractivity contribution in [2.75, 3.05) is 33.9 Å². The summed E-state index contributed by atoms with van der Waals surface area (Å²) in [7, 11) is 3.29. The Morgan fingerprint density at radius 1 is 1.35 bits per heavy atom. The molecule has 1 aliphatic rings. The molecule has 1 aromatic carbocycles. The molecule has 7 nitrogen and oxygen atoms in total. The third kappa shape index (κ3) is 5.25. The van der Waals surface area contributed by atoms with Crippen LogP contribution in [0, 0.1) is 0 Å². The molecule has 0 aliphatic carbocycles. The minimum absolute atomic E-state index is 0.00881. The van der Waals surface area contributed by atoms with E-state index < -0.39 is 5.60 Å². The van der Waals surface area contributed by atoms with E-state index in [0.717, 1.165) is 30.0 Å². The van der Waals surface area contributed by atoms with Crippen LogP contribution >= 0.6 is 0 Å². The van der Waals surface area contributed by atoms with Crippen LogP contribution in [0.25, 0.3) is 0 Å². The Bertz CT molecular complexity index is 615. The van der Waals surface area contributed by atoms with Crippen molar-refractivity contribution >= 4 is 6.09 Å². The van der Waals surface area contributed by atoms with Crippen LogP contribution in [0.4, 0.5) is 4.79 Å². The maximum Gasteiger partial charge on any atom is 0.407 e. The van der Waals surface area contributed by atoms with Gasteiger partial charge in [0.05, 0.1) is 20.3 Å². The molecule has 1 aromatic rings. The van der Waals surface area contributed by atoms with Gasteiger partial charge < -0.3 is 25.3 Å². The summed E-state index contributed by atoms with van der Waals surface area (Å²) in [5.41, 5.74) is 6.57. The topological polar surface area (TPSA) is 86.1 Å². The quantitative estimate of drug-likeness (QED) is 0.804. The van der Waals surface area contributed by atoms with Crippen molar-refractivity contribution in [1.29, 1.82) is 0 Å². The van der Waals surface area contributed by atoms with Gasteiger partial charge in [-0.15, -0.1) is 0 Å². The second-order valence-electron chi connectivity index (χ2n) is 7.49. The Labute approximate surface area is 155 Å². The summed E-state index contributed by atoms with van der Waals surface area (Å²) in [6.07, 6.45) is 0.467. The number of hydrogen-bond donors (Lipinski definition) is 2. The molecule has 2 rings (SSSR count). The molecule has 1 saturated heterocycles. The monoisotopic (exact) mass is 365 g/mol. The average Bonchev–Trinajstić information content (AvgIpc) is 3.01. The van der Waals surface area contributed by atoms with Crippen LogP contribution in [0.15, 0.2) is 18.2 Å². The molecule has 0 radical (unpaired) electrons. The molecular formula is C19H31N3O4. The molecule has 3 N–H and O–H groups in total. The van der Waals surface area contributed by atoms with Crippen LogP contribution in [-0.2, 0) is 4.74 Å². The van der Waals surface area contributed by atoms with Crippen molar-refractivity contribution in [3.8, 4) is 11.5 Å². The van der Waals surface area contributed by atoms with Crippen LogP contribution in [0.1, 0.15) is 38.8 Å². The Morgan fingerprint density at radius 2 is 2.08 bits per heavy atom. The van der Waals surface area contributed by atoms with E-state index in [9.17, 15) is 4.79 Å². The standard InChI is InChI=1S/C19H31N3O4/c1-19(2,3)26-18(23)21-13-8-9-22(12-13)16(11-20)15-10-14(24-4)6-7-17(15)25-5/h6-7,10,13,16H,8-9,11-12,20H2,1-5H3,(H,21,23). The van der Waals surface area contributed by atoms with Gasteiger partial charge in [0, 0.05) is 31.2 Å². The third-order valence-electron chi connectivity index (χ3n) is 4.40. The van der Waals surface area contributed by atoms with Gasteiger partial charge in [0.1, 0.15) is 17.1 Å². The second kappa shape index (κ2) is 8.60. The summed E-state index contributed by atoms with van der Waals surface area (Å²) in [5.74, 6) is 1.55. The van der Waals surface area contributed by atoms with Crippen LogP contribution < -0.4 is 20.5 Å². The number of carbonyl (C=O) groups excluding carboxylic acids is 1. The Hall–Kier alpha value is -1.99. The molecule has 1 heterocycles. The van der Waals surface area contributed by atoms with Crippen molar-refractivity contribution in [2.45, 2.75) is 44.9 Å². The Kier molecular flexibility index (Phi) is 6.72. The van der Waals surface area contributed by atoms with Gasteiger partial charge in [-0.1, -0.05) is 0 Å². The molecule has 1 amide bonds. The van der Waals surface area contributed by atoms with E-state index in [0.29, 0.717) is 13.1 Å². The zero-order valence-corrected chi connectivity index (χ0v) is 16.4. The summed E-state index contributed by atoms with van der Waals surface area (Å²) in [6.45, 7) is 7.56. The number of amides is 1. The van der Waals surface area contributed by atoms with Gasteiger partial charge in [-0.05, 0) is 45.4 Å². The molecule has 1 fully saturated rings. The van der Waals surface area contributed by atoms with E-state index in [-0.39, 0.29) is 18.2 Å². The highest BCUT2D eigenvalue weighted by atomic mass is 16.6. The molecule has 2 unspecified atom stereocenters. The average molecular weight is 365 g/mol. The number of rotatable bonds is 6. The fraction of sp³-hybridized carbons (Fsp3) is 0.632. The van der Waals surface area contributed by atoms with Crippen LogP contribution in [0.3, 0.4) is 0 Å².